The predicted octanol–water partition coefficient (Wildman–Crippen LogP) is 10.9. The first kappa shape index (κ1) is 43.7. The molecule has 6 rings (SSSR count). The first-order chi connectivity index (χ1) is 28.9. The van der Waals surface area contributed by atoms with Gasteiger partial charge in [0, 0.05) is 11.1 Å². The van der Waals surface area contributed by atoms with E-state index in [-0.39, 0.29) is 16.9 Å². The minimum atomic E-state index is -0.509. The maximum Gasteiger partial charge on any atom is 0.167 e. The van der Waals surface area contributed by atoms with Crippen molar-refractivity contribution in [3.05, 3.63) is 191 Å². The Labute approximate surface area is 357 Å². The van der Waals surface area contributed by atoms with Gasteiger partial charge in [0.05, 0.1) is 12.1 Å². The fourth-order valence-electron chi connectivity index (χ4n) is 6.97. The Morgan fingerprint density at radius 1 is 0.400 bits per heavy atom. The van der Waals surface area contributed by atoms with Crippen LogP contribution in [0.4, 0.5) is 0 Å². The molecule has 0 saturated carbocycles. The van der Waals surface area contributed by atoms with Gasteiger partial charge in [0.15, 0.2) is 28.8 Å². The molecule has 0 amide bonds. The summed E-state index contributed by atoms with van der Waals surface area (Å²) in [5.74, 6) is 2.65. The maximum atomic E-state index is 15.0. The molecule has 312 valence electrons. The zero-order chi connectivity index (χ0) is 42.4. The molecule has 2 N–H and O–H groups in total. The van der Waals surface area contributed by atoms with Crippen LogP contribution in [0, 0.1) is 0 Å². The zero-order valence-corrected chi connectivity index (χ0v) is 35.9. The standard InChI is InChI=1S/C53H60N2O5/c1-52(2,3)54-45(31-43-27-29-47(57-35-39-19-11-7-12-20-39)49(33-43)59-37-41-23-15-9-16-24-41)51(56)46(55-53(4,5)6)32-44-28-30-48(58-36-40-21-13-8-14-22-40)50(34-44)60-38-42-25-17-10-18-26-42/h7-30,33-34,45-46,54-55H,31-32,35-38H2,1-6H3. The Kier molecular flexibility index (Phi) is 15.2. The summed E-state index contributed by atoms with van der Waals surface area (Å²) in [5, 5.41) is 7.36. The van der Waals surface area contributed by atoms with Gasteiger partial charge in [0.25, 0.3) is 0 Å². The summed E-state index contributed by atoms with van der Waals surface area (Å²) in [6.45, 7) is 14.2. The zero-order valence-electron chi connectivity index (χ0n) is 35.9. The van der Waals surface area contributed by atoms with E-state index in [1.54, 1.807) is 0 Å². The minimum Gasteiger partial charge on any atom is -0.485 e. The molecule has 7 nitrogen and oxygen atoms in total. The van der Waals surface area contributed by atoms with Crippen LogP contribution in [0.5, 0.6) is 23.0 Å². The Morgan fingerprint density at radius 2 is 0.683 bits per heavy atom. The number of rotatable bonds is 20. The van der Waals surface area contributed by atoms with Crippen molar-refractivity contribution < 1.29 is 23.7 Å². The van der Waals surface area contributed by atoms with E-state index in [0.717, 1.165) is 33.4 Å². The van der Waals surface area contributed by atoms with Crippen LogP contribution in [0.3, 0.4) is 0 Å². The van der Waals surface area contributed by atoms with E-state index in [4.69, 9.17) is 18.9 Å². The monoisotopic (exact) mass is 804 g/mol. The van der Waals surface area contributed by atoms with Crippen LogP contribution in [-0.2, 0) is 44.1 Å². The van der Waals surface area contributed by atoms with Crippen LogP contribution in [0.2, 0.25) is 0 Å². The van der Waals surface area contributed by atoms with Gasteiger partial charge in [0.1, 0.15) is 26.4 Å². The van der Waals surface area contributed by atoms with Crippen molar-refractivity contribution in [1.29, 1.82) is 0 Å². The van der Waals surface area contributed by atoms with Gasteiger partial charge < -0.3 is 29.6 Å². The molecule has 0 aromatic heterocycles. The van der Waals surface area contributed by atoms with E-state index in [0.29, 0.717) is 62.3 Å². The molecule has 0 saturated heterocycles. The summed E-state index contributed by atoms with van der Waals surface area (Å²) in [6, 6.07) is 51.4. The van der Waals surface area contributed by atoms with Crippen LogP contribution in [0.25, 0.3) is 0 Å². The number of nitrogens with one attached hydrogen (secondary N) is 2. The number of ether oxygens (including phenoxy) is 4. The third-order valence-corrected chi connectivity index (χ3v) is 9.75. The number of hydrogen-bond donors (Lipinski definition) is 2. The Bertz CT molecular complexity index is 2060. The average Bonchev–Trinajstić information content (AvgIpc) is 3.24. The molecule has 2 atom stereocenters. The highest BCUT2D eigenvalue weighted by Crippen LogP contribution is 2.33. The summed E-state index contributed by atoms with van der Waals surface area (Å²) < 4.78 is 25.5. The quantitative estimate of drug-likeness (QED) is 0.0796. The minimum absolute atomic E-state index is 0.0761. The molecule has 0 heterocycles. The van der Waals surface area contributed by atoms with Gasteiger partial charge in [-0.25, -0.2) is 0 Å². The van der Waals surface area contributed by atoms with Crippen molar-refractivity contribution in [2.45, 2.75) is 104 Å². The lowest BCUT2D eigenvalue weighted by Crippen LogP contribution is -2.57. The molecule has 0 aliphatic rings. The second-order valence-corrected chi connectivity index (χ2v) is 17.4. The molecule has 6 aromatic carbocycles. The smallest absolute Gasteiger partial charge is 0.167 e. The van der Waals surface area contributed by atoms with Crippen molar-refractivity contribution >= 4 is 5.78 Å². The van der Waals surface area contributed by atoms with Crippen LogP contribution in [0.15, 0.2) is 158 Å². The van der Waals surface area contributed by atoms with E-state index in [1.165, 1.54) is 0 Å². The highest BCUT2D eigenvalue weighted by Gasteiger charge is 2.33. The lowest BCUT2D eigenvalue weighted by atomic mass is 9.90. The fourth-order valence-corrected chi connectivity index (χ4v) is 6.97. The average molecular weight is 805 g/mol. The summed E-state index contributed by atoms with van der Waals surface area (Å²) in [4.78, 5) is 15.0. The molecule has 2 unspecified atom stereocenters. The molecule has 0 radical (unpaired) electrons. The second kappa shape index (κ2) is 20.9. The lowest BCUT2D eigenvalue weighted by molar-refractivity contribution is -0.124. The third kappa shape index (κ3) is 14.1. The molecule has 6 aromatic rings. The van der Waals surface area contributed by atoms with Gasteiger partial charge in [-0.1, -0.05) is 133 Å². The van der Waals surface area contributed by atoms with Crippen molar-refractivity contribution in [1.82, 2.24) is 10.6 Å². The first-order valence-electron chi connectivity index (χ1n) is 20.9. The summed E-state index contributed by atoms with van der Waals surface area (Å²) >= 11 is 0. The molecular formula is C53H60N2O5. The summed E-state index contributed by atoms with van der Waals surface area (Å²) in [5.41, 5.74) is 5.49. The number of carbonyl (C=O) groups excluding carboxylic acids is 1. The fraction of sp³-hybridized carbons (Fsp3) is 0.302. The number of Topliss-reactive ketones (excluding diaryl/α,β-unsaturated/α-hetero) is 1. The predicted molar refractivity (Wildman–Crippen MR) is 242 cm³/mol. The van der Waals surface area contributed by atoms with Gasteiger partial charge in [-0.05, 0) is 112 Å². The van der Waals surface area contributed by atoms with Gasteiger partial charge in [0.2, 0.25) is 0 Å². The molecule has 0 spiro atoms. The topological polar surface area (TPSA) is 78.1 Å². The molecule has 0 bridgehead atoms. The van der Waals surface area contributed by atoms with E-state index >= 15 is 4.79 Å². The van der Waals surface area contributed by atoms with Crippen molar-refractivity contribution in [3.63, 3.8) is 0 Å². The van der Waals surface area contributed by atoms with Crippen LogP contribution >= 0.6 is 0 Å². The van der Waals surface area contributed by atoms with E-state index in [2.05, 4.69) is 52.2 Å². The largest absolute Gasteiger partial charge is 0.485 e. The van der Waals surface area contributed by atoms with E-state index in [1.807, 2.05) is 158 Å². The van der Waals surface area contributed by atoms with Gasteiger partial charge in [-0.15, -0.1) is 0 Å². The summed E-state index contributed by atoms with van der Waals surface area (Å²) in [7, 11) is 0. The van der Waals surface area contributed by atoms with E-state index in [9.17, 15) is 0 Å². The Balaban J connectivity index is 1.26. The van der Waals surface area contributed by atoms with Crippen molar-refractivity contribution in [2.24, 2.45) is 0 Å². The molecular weight excluding hydrogens is 745 g/mol. The molecule has 7 heteroatoms. The van der Waals surface area contributed by atoms with Crippen LogP contribution in [0.1, 0.15) is 74.9 Å². The van der Waals surface area contributed by atoms with Crippen molar-refractivity contribution in [3.8, 4) is 23.0 Å². The Hall–Kier alpha value is -5.89. The highest BCUT2D eigenvalue weighted by molar-refractivity contribution is 5.90. The lowest BCUT2D eigenvalue weighted by Gasteiger charge is -2.34. The number of hydrogen-bond acceptors (Lipinski definition) is 7. The van der Waals surface area contributed by atoms with Gasteiger partial charge >= 0.3 is 0 Å². The Morgan fingerprint density at radius 3 is 0.967 bits per heavy atom. The molecule has 60 heavy (non-hydrogen) atoms. The van der Waals surface area contributed by atoms with Crippen LogP contribution in [-0.4, -0.2) is 28.9 Å². The number of benzene rings is 6. The molecule has 0 aliphatic carbocycles. The second-order valence-electron chi connectivity index (χ2n) is 17.4. The SMILES string of the molecule is CC(C)(C)NC(Cc1ccc(OCc2ccccc2)c(OCc2ccccc2)c1)C(=O)C(Cc1ccc(OCc2ccccc2)c(OCc2ccccc2)c1)NC(C)(C)C. The molecule has 0 aliphatic heterocycles. The van der Waals surface area contributed by atoms with Crippen molar-refractivity contribution in [2.75, 3.05) is 0 Å². The number of ketones is 1. The highest BCUT2D eigenvalue weighted by atomic mass is 16.5. The number of carbonyl (C=O) groups is 1. The van der Waals surface area contributed by atoms with Gasteiger partial charge in [-0.3, -0.25) is 4.79 Å². The summed E-state index contributed by atoms with van der Waals surface area (Å²) in [6.07, 6.45) is 0.910. The van der Waals surface area contributed by atoms with Gasteiger partial charge in [-0.2, -0.15) is 0 Å². The van der Waals surface area contributed by atoms with E-state index < -0.39 is 12.1 Å². The normalized spacial score (nSPS) is 12.6. The third-order valence-electron chi connectivity index (χ3n) is 9.75. The first-order valence-corrected chi connectivity index (χ1v) is 20.9. The maximum absolute atomic E-state index is 15.0. The molecule has 0 fully saturated rings. The van der Waals surface area contributed by atoms with Crippen LogP contribution < -0.4 is 29.6 Å².